The van der Waals surface area contributed by atoms with E-state index in [1.807, 2.05) is 13.8 Å². The molecule has 0 unspecified atom stereocenters. The predicted molar refractivity (Wildman–Crippen MR) is 103 cm³/mol. The summed E-state index contributed by atoms with van der Waals surface area (Å²) < 4.78 is 43.3. The molecule has 6 heteroatoms. The van der Waals surface area contributed by atoms with Gasteiger partial charge in [-0.15, -0.1) is 0 Å². The van der Waals surface area contributed by atoms with Crippen molar-refractivity contribution in [3.63, 3.8) is 0 Å². The molecule has 3 rings (SSSR count). The molecule has 0 saturated heterocycles. The molecule has 0 aromatic heterocycles. The van der Waals surface area contributed by atoms with Gasteiger partial charge in [-0.3, -0.25) is 0 Å². The van der Waals surface area contributed by atoms with Gasteiger partial charge in [-0.1, -0.05) is 57.4 Å². The van der Waals surface area contributed by atoms with Crippen LogP contribution in [0.15, 0.2) is 97.3 Å². The summed E-state index contributed by atoms with van der Waals surface area (Å²) in [5.41, 5.74) is 1.98. The molecule has 0 aliphatic rings. The van der Waals surface area contributed by atoms with Crippen LogP contribution < -0.4 is 0 Å². The Morgan fingerprint density at radius 1 is 0.577 bits per heavy atom. The van der Waals surface area contributed by atoms with Crippen LogP contribution in [0.2, 0.25) is 0 Å². The Balaban J connectivity index is 2.29. The monoisotopic (exact) mass is 385 g/mol. The third-order valence-electron chi connectivity index (χ3n) is 3.93. The SMILES string of the molecule is Cc1ccc(S(=O)(=NS(=O)(=O)c2ccccc2)c2ccc(C)cc2)cc1. The van der Waals surface area contributed by atoms with Gasteiger partial charge in [0.15, 0.2) is 0 Å². The lowest BCUT2D eigenvalue weighted by Gasteiger charge is -2.12. The van der Waals surface area contributed by atoms with E-state index in [0.717, 1.165) is 11.1 Å². The molecule has 4 nitrogen and oxygen atoms in total. The van der Waals surface area contributed by atoms with Crippen LogP contribution in [0, 0.1) is 13.8 Å². The molecule has 0 atom stereocenters. The highest BCUT2D eigenvalue weighted by atomic mass is 32.3. The zero-order chi connectivity index (χ0) is 18.8. The highest BCUT2D eigenvalue weighted by Gasteiger charge is 2.22. The molecule has 26 heavy (non-hydrogen) atoms. The highest BCUT2D eigenvalue weighted by Crippen LogP contribution is 2.27. The summed E-state index contributed by atoms with van der Waals surface area (Å²) in [4.78, 5) is 0.755. The molecule has 0 bridgehead atoms. The fourth-order valence-electron chi connectivity index (χ4n) is 2.44. The first kappa shape index (κ1) is 18.4. The largest absolute Gasteiger partial charge is 0.290 e. The summed E-state index contributed by atoms with van der Waals surface area (Å²) in [6.07, 6.45) is 0. The van der Waals surface area contributed by atoms with Crippen molar-refractivity contribution in [2.45, 2.75) is 28.5 Å². The van der Waals surface area contributed by atoms with Gasteiger partial charge in [0.1, 0.15) is 9.73 Å². The maximum Gasteiger partial charge on any atom is 0.290 e. The number of nitrogens with zero attached hydrogens (tertiary/aromatic N) is 1. The molecule has 0 amide bonds. The van der Waals surface area contributed by atoms with E-state index in [0.29, 0.717) is 9.79 Å². The van der Waals surface area contributed by atoms with Gasteiger partial charge >= 0.3 is 0 Å². The molecular weight excluding hydrogens is 366 g/mol. The first-order chi connectivity index (χ1) is 12.3. The maximum absolute atomic E-state index is 13.9. The van der Waals surface area contributed by atoms with E-state index in [9.17, 15) is 12.6 Å². The minimum atomic E-state index is -4.08. The molecule has 0 aliphatic heterocycles. The smallest absolute Gasteiger partial charge is 0.239 e. The zero-order valence-corrected chi connectivity index (χ0v) is 16.1. The molecular formula is C20H19NO3S2. The summed E-state index contributed by atoms with van der Waals surface area (Å²) >= 11 is 0. The van der Waals surface area contributed by atoms with Gasteiger partial charge in [0, 0.05) is 0 Å². The van der Waals surface area contributed by atoms with Crippen LogP contribution in [0.1, 0.15) is 11.1 Å². The topological polar surface area (TPSA) is 63.6 Å². The summed E-state index contributed by atoms with van der Waals surface area (Å²) in [6.45, 7) is 3.82. The molecule has 0 radical (unpaired) electrons. The quantitative estimate of drug-likeness (QED) is 0.660. The Labute approximate surface area is 154 Å². The van der Waals surface area contributed by atoms with Gasteiger partial charge in [0.25, 0.3) is 10.0 Å². The third kappa shape index (κ3) is 3.71. The van der Waals surface area contributed by atoms with E-state index in [2.05, 4.69) is 3.77 Å². The van der Waals surface area contributed by atoms with E-state index in [1.54, 1.807) is 66.7 Å². The first-order valence-electron chi connectivity index (χ1n) is 8.03. The van der Waals surface area contributed by atoms with Crippen molar-refractivity contribution in [2.75, 3.05) is 0 Å². The number of rotatable bonds is 4. The highest BCUT2D eigenvalue weighted by molar-refractivity contribution is 8.03. The Hall–Kier alpha value is -2.44. The van der Waals surface area contributed by atoms with Crippen molar-refractivity contribution in [1.29, 1.82) is 0 Å². The lowest BCUT2D eigenvalue weighted by atomic mass is 10.2. The number of benzene rings is 3. The van der Waals surface area contributed by atoms with Crippen LogP contribution >= 0.6 is 0 Å². The molecule has 0 saturated carbocycles. The van der Waals surface area contributed by atoms with Gasteiger partial charge < -0.3 is 0 Å². The Bertz CT molecular complexity index is 1070. The Morgan fingerprint density at radius 3 is 1.42 bits per heavy atom. The molecule has 134 valence electrons. The zero-order valence-electron chi connectivity index (χ0n) is 14.5. The average molecular weight is 386 g/mol. The summed E-state index contributed by atoms with van der Waals surface area (Å²) in [5, 5.41) is 0. The second kappa shape index (κ2) is 7.05. The van der Waals surface area contributed by atoms with Crippen molar-refractivity contribution >= 4 is 19.8 Å². The van der Waals surface area contributed by atoms with Crippen LogP contribution in [-0.4, -0.2) is 12.6 Å². The molecule has 0 heterocycles. The lowest BCUT2D eigenvalue weighted by Crippen LogP contribution is -2.07. The van der Waals surface area contributed by atoms with E-state index in [1.165, 1.54) is 12.1 Å². The minimum Gasteiger partial charge on any atom is -0.239 e. The molecule has 0 aliphatic carbocycles. The normalized spacial score (nSPS) is 11.9. The number of hydrogen-bond acceptors (Lipinski definition) is 3. The molecule has 3 aromatic rings. The van der Waals surface area contributed by atoms with Gasteiger partial charge in [0.05, 0.1) is 14.7 Å². The van der Waals surface area contributed by atoms with Gasteiger partial charge in [0.2, 0.25) is 0 Å². The molecule has 3 aromatic carbocycles. The molecule has 0 fully saturated rings. The number of hydrogen-bond donors (Lipinski definition) is 0. The molecule has 0 spiro atoms. The lowest BCUT2D eigenvalue weighted by molar-refractivity contribution is 0.598. The Morgan fingerprint density at radius 2 is 1.00 bits per heavy atom. The predicted octanol–water partition coefficient (Wildman–Crippen LogP) is 4.58. The van der Waals surface area contributed by atoms with Crippen LogP contribution in [0.4, 0.5) is 0 Å². The molecule has 0 N–H and O–H groups in total. The van der Waals surface area contributed by atoms with Crippen molar-refractivity contribution in [3.8, 4) is 0 Å². The number of sulfonamides is 1. The summed E-state index contributed by atoms with van der Waals surface area (Å²) in [6, 6.07) is 21.7. The van der Waals surface area contributed by atoms with Crippen molar-refractivity contribution in [2.24, 2.45) is 3.77 Å². The second-order valence-electron chi connectivity index (χ2n) is 6.01. The first-order valence-corrected chi connectivity index (χ1v) is 11.0. The fourth-order valence-corrected chi connectivity index (χ4v) is 6.36. The summed E-state index contributed by atoms with van der Waals surface area (Å²) in [7, 11) is -7.43. The second-order valence-corrected chi connectivity index (χ2v) is 10.0. The van der Waals surface area contributed by atoms with Gasteiger partial charge in [-0.2, -0.15) is 8.42 Å². The van der Waals surface area contributed by atoms with Crippen molar-refractivity contribution in [1.82, 2.24) is 0 Å². The van der Waals surface area contributed by atoms with E-state index in [-0.39, 0.29) is 4.90 Å². The van der Waals surface area contributed by atoms with Crippen molar-refractivity contribution in [3.05, 3.63) is 90.0 Å². The fraction of sp³-hybridized carbons (Fsp3) is 0.100. The summed E-state index contributed by atoms with van der Waals surface area (Å²) in [5.74, 6) is 0. The third-order valence-corrected chi connectivity index (χ3v) is 8.24. The van der Waals surface area contributed by atoms with Crippen LogP contribution in [0.3, 0.4) is 0 Å². The van der Waals surface area contributed by atoms with E-state index < -0.39 is 19.8 Å². The minimum absolute atomic E-state index is 0.0203. The van der Waals surface area contributed by atoms with Gasteiger partial charge in [-0.25, -0.2) is 4.21 Å². The van der Waals surface area contributed by atoms with Crippen LogP contribution in [0.25, 0.3) is 0 Å². The van der Waals surface area contributed by atoms with Gasteiger partial charge in [-0.05, 0) is 50.2 Å². The van der Waals surface area contributed by atoms with Crippen LogP contribution in [0.5, 0.6) is 0 Å². The van der Waals surface area contributed by atoms with E-state index in [4.69, 9.17) is 0 Å². The standard InChI is InChI=1S/C20H19NO3S2/c1-16-8-12-18(13-9-16)25(22,19-14-10-17(2)11-15-19)21-26(23,24)20-6-4-3-5-7-20/h3-15H,1-2H3. The average Bonchev–Trinajstić information content (AvgIpc) is 2.63. The maximum atomic E-state index is 13.9. The Kier molecular flexibility index (Phi) is 4.98. The van der Waals surface area contributed by atoms with Crippen LogP contribution in [-0.2, 0) is 19.8 Å². The van der Waals surface area contributed by atoms with E-state index >= 15 is 0 Å². The number of aryl methyl sites for hydroxylation is 2. The van der Waals surface area contributed by atoms with Crippen molar-refractivity contribution < 1.29 is 12.6 Å².